The molecule has 0 amide bonds. The minimum atomic E-state index is -4.51. The number of hydrogen-bond acceptors (Lipinski definition) is 5. The Hall–Kier alpha value is -1.86. The summed E-state index contributed by atoms with van der Waals surface area (Å²) >= 11 is 0. The van der Waals surface area contributed by atoms with Gasteiger partial charge in [-0.1, -0.05) is 0 Å². The Bertz CT molecular complexity index is 381. The molecule has 0 saturated carbocycles. The van der Waals surface area contributed by atoms with Gasteiger partial charge in [-0.2, -0.15) is 18.3 Å². The number of aromatic nitrogens is 2. The molecule has 0 aromatic carbocycles. The predicted octanol–water partition coefficient (Wildman–Crippen LogP) is 1.20. The van der Waals surface area contributed by atoms with Crippen LogP contribution in [0, 0.1) is 0 Å². The molecule has 1 aromatic heterocycles. The molecule has 0 atom stereocenters. The third-order valence-electron chi connectivity index (χ3n) is 1.46. The van der Waals surface area contributed by atoms with Gasteiger partial charge in [-0.05, 0) is 6.07 Å². The van der Waals surface area contributed by atoms with Crippen molar-refractivity contribution in [2.75, 3.05) is 13.7 Å². The van der Waals surface area contributed by atoms with E-state index in [4.69, 9.17) is 0 Å². The van der Waals surface area contributed by atoms with Crippen LogP contribution in [-0.4, -0.2) is 36.1 Å². The van der Waals surface area contributed by atoms with Crippen LogP contribution in [0.15, 0.2) is 12.3 Å². The average molecular weight is 236 g/mol. The van der Waals surface area contributed by atoms with Crippen molar-refractivity contribution >= 4 is 5.97 Å². The van der Waals surface area contributed by atoms with Crippen LogP contribution in [0.5, 0.6) is 5.88 Å². The molecular weight excluding hydrogens is 229 g/mol. The second kappa shape index (κ2) is 4.77. The summed E-state index contributed by atoms with van der Waals surface area (Å²) in [7, 11) is 1.09. The summed E-state index contributed by atoms with van der Waals surface area (Å²) in [4.78, 5) is 11.1. The fraction of sp³-hybridized carbons (Fsp3) is 0.375. The van der Waals surface area contributed by atoms with Crippen molar-refractivity contribution in [1.29, 1.82) is 0 Å². The molecule has 1 aromatic rings. The molecule has 0 fully saturated rings. The molecule has 5 nitrogen and oxygen atoms in total. The van der Waals surface area contributed by atoms with Gasteiger partial charge < -0.3 is 9.47 Å². The van der Waals surface area contributed by atoms with E-state index < -0.39 is 24.6 Å². The molecule has 0 unspecified atom stereocenters. The lowest BCUT2D eigenvalue weighted by molar-refractivity contribution is -0.154. The van der Waals surface area contributed by atoms with E-state index in [2.05, 4.69) is 19.7 Å². The highest BCUT2D eigenvalue weighted by Gasteiger charge is 2.29. The topological polar surface area (TPSA) is 61.3 Å². The lowest BCUT2D eigenvalue weighted by Crippen LogP contribution is -2.21. The summed E-state index contributed by atoms with van der Waals surface area (Å²) in [5, 5.41) is 6.59. The maximum absolute atomic E-state index is 11.9. The number of nitrogens with zero attached hydrogens (tertiary/aromatic N) is 2. The first kappa shape index (κ1) is 12.2. The Morgan fingerprint density at radius 1 is 1.50 bits per heavy atom. The largest absolute Gasteiger partial charge is 0.466 e. The first-order valence-electron chi connectivity index (χ1n) is 4.03. The van der Waals surface area contributed by atoms with Crippen molar-refractivity contribution in [3.05, 3.63) is 17.8 Å². The van der Waals surface area contributed by atoms with Gasteiger partial charge in [0.2, 0.25) is 5.88 Å². The maximum Gasteiger partial charge on any atom is 0.422 e. The number of carbonyl (C=O) groups excluding carboxylic acids is 1. The van der Waals surface area contributed by atoms with Gasteiger partial charge in [0.1, 0.15) is 5.56 Å². The number of esters is 1. The van der Waals surface area contributed by atoms with Crippen molar-refractivity contribution in [3.63, 3.8) is 0 Å². The first-order chi connectivity index (χ1) is 7.44. The molecule has 0 saturated heterocycles. The number of rotatable bonds is 3. The number of alkyl halides is 3. The van der Waals surface area contributed by atoms with Crippen LogP contribution >= 0.6 is 0 Å². The molecule has 1 heterocycles. The minimum absolute atomic E-state index is 0.207. The van der Waals surface area contributed by atoms with E-state index in [-0.39, 0.29) is 5.56 Å². The van der Waals surface area contributed by atoms with Gasteiger partial charge in [-0.3, -0.25) is 0 Å². The number of methoxy groups -OCH3 is 1. The van der Waals surface area contributed by atoms with Crippen LogP contribution in [0.2, 0.25) is 0 Å². The molecule has 0 spiro atoms. The summed E-state index contributed by atoms with van der Waals surface area (Å²) in [6.07, 6.45) is -3.36. The Morgan fingerprint density at radius 2 is 2.19 bits per heavy atom. The number of halogens is 3. The lowest BCUT2D eigenvalue weighted by Gasteiger charge is -2.09. The molecule has 0 aliphatic carbocycles. The van der Waals surface area contributed by atoms with Gasteiger partial charge >= 0.3 is 12.1 Å². The maximum atomic E-state index is 11.9. The summed E-state index contributed by atoms with van der Waals surface area (Å²) in [5.74, 6) is -1.35. The van der Waals surface area contributed by atoms with E-state index in [0.717, 1.165) is 19.4 Å². The molecular formula is C8H7F3N2O3. The normalized spacial score (nSPS) is 11.0. The van der Waals surface area contributed by atoms with Gasteiger partial charge in [0.25, 0.3) is 0 Å². The highest BCUT2D eigenvalue weighted by molar-refractivity contribution is 5.91. The van der Waals surface area contributed by atoms with Crippen molar-refractivity contribution in [2.45, 2.75) is 6.18 Å². The molecule has 0 aliphatic heterocycles. The van der Waals surface area contributed by atoms with Crippen LogP contribution < -0.4 is 4.74 Å². The van der Waals surface area contributed by atoms with Crippen molar-refractivity contribution < 1.29 is 27.4 Å². The minimum Gasteiger partial charge on any atom is -0.466 e. The Morgan fingerprint density at radius 3 is 2.75 bits per heavy atom. The quantitative estimate of drug-likeness (QED) is 0.738. The molecule has 8 heteroatoms. The summed E-state index contributed by atoms with van der Waals surface area (Å²) in [6, 6.07) is 1.16. The van der Waals surface area contributed by atoms with E-state index in [1.165, 1.54) is 0 Å². The van der Waals surface area contributed by atoms with Crippen molar-refractivity contribution in [1.82, 2.24) is 10.2 Å². The highest BCUT2D eigenvalue weighted by atomic mass is 19.4. The van der Waals surface area contributed by atoms with Crippen LogP contribution in [-0.2, 0) is 4.74 Å². The van der Waals surface area contributed by atoms with E-state index in [9.17, 15) is 18.0 Å². The first-order valence-corrected chi connectivity index (χ1v) is 4.03. The fourth-order valence-corrected chi connectivity index (χ4v) is 0.841. The zero-order valence-electron chi connectivity index (χ0n) is 8.11. The number of hydrogen-bond donors (Lipinski definition) is 0. The third-order valence-corrected chi connectivity index (χ3v) is 1.46. The third kappa shape index (κ3) is 3.37. The smallest absolute Gasteiger partial charge is 0.422 e. The van der Waals surface area contributed by atoms with Gasteiger partial charge in [0.05, 0.1) is 13.3 Å². The average Bonchev–Trinajstić information content (AvgIpc) is 2.25. The van der Waals surface area contributed by atoms with E-state index in [1.807, 2.05) is 0 Å². The summed E-state index contributed by atoms with van der Waals surface area (Å²) in [5.41, 5.74) is -0.207. The Labute approximate surface area is 88.2 Å². The van der Waals surface area contributed by atoms with Gasteiger partial charge in [-0.15, -0.1) is 5.10 Å². The van der Waals surface area contributed by atoms with Crippen LogP contribution in [0.4, 0.5) is 13.2 Å². The van der Waals surface area contributed by atoms with E-state index in [1.54, 1.807) is 0 Å². The lowest BCUT2D eigenvalue weighted by atomic mass is 10.3. The number of ether oxygens (including phenoxy) is 2. The van der Waals surface area contributed by atoms with Crippen LogP contribution in [0.3, 0.4) is 0 Å². The van der Waals surface area contributed by atoms with Crippen LogP contribution in [0.25, 0.3) is 0 Å². The SMILES string of the molecule is COC(=O)c1ccnnc1OCC(F)(F)F. The molecule has 88 valence electrons. The Balaban J connectivity index is 2.83. The standard InChI is InChI=1S/C8H7F3N2O3/c1-15-7(14)5-2-3-12-13-6(5)16-4-8(9,10)11/h2-3H,4H2,1H3. The van der Waals surface area contributed by atoms with Gasteiger partial charge in [0, 0.05) is 0 Å². The monoisotopic (exact) mass is 236 g/mol. The number of carbonyl (C=O) groups is 1. The van der Waals surface area contributed by atoms with E-state index >= 15 is 0 Å². The molecule has 1 rings (SSSR count). The zero-order chi connectivity index (χ0) is 12.2. The summed E-state index contributed by atoms with van der Waals surface area (Å²) < 4.78 is 44.3. The summed E-state index contributed by atoms with van der Waals surface area (Å²) in [6.45, 7) is -1.55. The molecule has 0 N–H and O–H groups in total. The van der Waals surface area contributed by atoms with Gasteiger partial charge in [0.15, 0.2) is 6.61 Å². The molecule has 0 aliphatic rings. The highest BCUT2D eigenvalue weighted by Crippen LogP contribution is 2.19. The van der Waals surface area contributed by atoms with Gasteiger partial charge in [-0.25, -0.2) is 4.79 Å². The predicted molar refractivity (Wildman–Crippen MR) is 44.9 cm³/mol. The molecule has 16 heavy (non-hydrogen) atoms. The van der Waals surface area contributed by atoms with Crippen LogP contribution in [0.1, 0.15) is 10.4 Å². The fourth-order valence-electron chi connectivity index (χ4n) is 0.841. The zero-order valence-corrected chi connectivity index (χ0v) is 8.11. The molecule has 0 bridgehead atoms. The second-order valence-electron chi connectivity index (χ2n) is 2.65. The molecule has 0 radical (unpaired) electrons. The van der Waals surface area contributed by atoms with E-state index in [0.29, 0.717) is 0 Å². The second-order valence-corrected chi connectivity index (χ2v) is 2.65. The van der Waals surface area contributed by atoms with Crippen molar-refractivity contribution in [3.8, 4) is 5.88 Å². The van der Waals surface area contributed by atoms with Crippen molar-refractivity contribution in [2.24, 2.45) is 0 Å². The Kier molecular flexibility index (Phi) is 3.64.